The molecule has 0 aromatic carbocycles. The van der Waals surface area contributed by atoms with Crippen molar-refractivity contribution in [2.75, 3.05) is 13.2 Å². The molecule has 2 heterocycles. The molecule has 0 aromatic heterocycles. The highest BCUT2D eigenvalue weighted by Gasteiger charge is 2.50. The molecule has 3 nitrogen and oxygen atoms in total. The number of hydrogen-bond donors (Lipinski definition) is 0. The number of amides is 1. The largest absolute Gasteiger partial charge is 0.357 e. The molecule has 2 rings (SSSR count). The van der Waals surface area contributed by atoms with Crippen molar-refractivity contribution in [2.24, 2.45) is 5.92 Å². The third-order valence-corrected chi connectivity index (χ3v) is 2.72. The minimum absolute atomic E-state index is 0.143. The van der Waals surface area contributed by atoms with E-state index in [1.807, 2.05) is 4.90 Å². The molecule has 0 spiro atoms. The molecule has 0 saturated carbocycles. The first kappa shape index (κ1) is 8.05. The molecule has 68 valence electrons. The predicted octanol–water partition coefficient (Wildman–Crippen LogP) is 0.991. The molecule has 3 heteroatoms. The fraction of sp³-hybridized carbons (Fsp3) is 0.889. The number of carbonyl (C=O) groups is 1. The summed E-state index contributed by atoms with van der Waals surface area (Å²) in [5.41, 5.74) is 0. The number of hydrogen-bond acceptors (Lipinski definition) is 2. The van der Waals surface area contributed by atoms with Gasteiger partial charge in [0.25, 0.3) is 0 Å². The molecule has 2 fully saturated rings. The monoisotopic (exact) mass is 169 g/mol. The van der Waals surface area contributed by atoms with Crippen molar-refractivity contribution in [2.45, 2.75) is 32.4 Å². The van der Waals surface area contributed by atoms with Crippen molar-refractivity contribution in [1.82, 2.24) is 4.90 Å². The second-order valence-corrected chi connectivity index (χ2v) is 3.54. The molecule has 0 unspecified atom stereocenters. The van der Waals surface area contributed by atoms with Gasteiger partial charge >= 0.3 is 0 Å². The fourth-order valence-corrected chi connectivity index (χ4v) is 1.95. The van der Waals surface area contributed by atoms with Crippen molar-refractivity contribution in [3.05, 3.63) is 0 Å². The SMILES string of the molecule is CCCCN1C(=O)[C@@H]2CCO[C@@H]21. The van der Waals surface area contributed by atoms with Crippen LogP contribution in [0.4, 0.5) is 0 Å². The van der Waals surface area contributed by atoms with E-state index < -0.39 is 0 Å². The van der Waals surface area contributed by atoms with Gasteiger partial charge in [0.2, 0.25) is 5.91 Å². The van der Waals surface area contributed by atoms with Gasteiger partial charge in [-0.15, -0.1) is 0 Å². The highest BCUT2D eigenvalue weighted by molar-refractivity contribution is 5.85. The first-order chi connectivity index (χ1) is 5.84. The molecule has 2 aliphatic heterocycles. The van der Waals surface area contributed by atoms with E-state index >= 15 is 0 Å². The van der Waals surface area contributed by atoms with Crippen molar-refractivity contribution in [3.63, 3.8) is 0 Å². The van der Waals surface area contributed by atoms with Crippen LogP contribution in [0.15, 0.2) is 0 Å². The van der Waals surface area contributed by atoms with Gasteiger partial charge in [0.1, 0.15) is 6.23 Å². The summed E-state index contributed by atoms with van der Waals surface area (Å²) in [4.78, 5) is 13.3. The number of nitrogens with zero attached hydrogens (tertiary/aromatic N) is 1. The number of rotatable bonds is 3. The van der Waals surface area contributed by atoms with E-state index in [1.54, 1.807) is 0 Å². The van der Waals surface area contributed by atoms with Crippen LogP contribution >= 0.6 is 0 Å². The van der Waals surface area contributed by atoms with E-state index in [0.717, 1.165) is 32.4 Å². The lowest BCUT2D eigenvalue weighted by Crippen LogP contribution is -2.59. The lowest BCUT2D eigenvalue weighted by molar-refractivity contribution is -0.174. The van der Waals surface area contributed by atoms with E-state index in [1.165, 1.54) is 0 Å². The third-order valence-electron chi connectivity index (χ3n) is 2.72. The standard InChI is InChI=1S/C9H15NO2/c1-2-3-5-10-8(11)7-4-6-12-9(7)10/h7,9H,2-6H2,1H3/t7-,9-/m0/s1. The molecule has 0 aromatic rings. The molecule has 1 amide bonds. The lowest BCUT2D eigenvalue weighted by Gasteiger charge is -2.42. The minimum atomic E-state index is 0.143. The zero-order valence-corrected chi connectivity index (χ0v) is 7.45. The predicted molar refractivity (Wildman–Crippen MR) is 44.5 cm³/mol. The summed E-state index contributed by atoms with van der Waals surface area (Å²) in [5.74, 6) is 0.521. The number of likely N-dealkylation sites (tertiary alicyclic amines) is 1. The van der Waals surface area contributed by atoms with Crippen molar-refractivity contribution < 1.29 is 9.53 Å². The van der Waals surface area contributed by atoms with Crippen LogP contribution in [0.25, 0.3) is 0 Å². The number of unbranched alkanes of at least 4 members (excludes halogenated alkanes) is 1. The Labute approximate surface area is 72.7 Å². The van der Waals surface area contributed by atoms with Gasteiger partial charge in [0, 0.05) is 6.54 Å². The summed E-state index contributed by atoms with van der Waals surface area (Å²) >= 11 is 0. The topological polar surface area (TPSA) is 29.5 Å². The van der Waals surface area contributed by atoms with Gasteiger partial charge in [-0.05, 0) is 12.8 Å². The highest BCUT2D eigenvalue weighted by atomic mass is 16.5. The van der Waals surface area contributed by atoms with Gasteiger partial charge in [-0.2, -0.15) is 0 Å². The summed E-state index contributed by atoms with van der Waals surface area (Å²) in [7, 11) is 0. The second-order valence-electron chi connectivity index (χ2n) is 3.54. The van der Waals surface area contributed by atoms with E-state index in [-0.39, 0.29) is 12.1 Å². The smallest absolute Gasteiger partial charge is 0.232 e. The van der Waals surface area contributed by atoms with Gasteiger partial charge < -0.3 is 9.64 Å². The Morgan fingerprint density at radius 3 is 3.25 bits per heavy atom. The van der Waals surface area contributed by atoms with Crippen LogP contribution in [0.1, 0.15) is 26.2 Å². The molecular weight excluding hydrogens is 154 g/mol. The Kier molecular flexibility index (Phi) is 2.05. The quantitative estimate of drug-likeness (QED) is 0.590. The molecule has 0 radical (unpaired) electrons. The van der Waals surface area contributed by atoms with Crippen molar-refractivity contribution in [3.8, 4) is 0 Å². The van der Waals surface area contributed by atoms with Gasteiger partial charge in [0.05, 0.1) is 12.5 Å². The van der Waals surface area contributed by atoms with Gasteiger partial charge in [-0.3, -0.25) is 4.79 Å². The van der Waals surface area contributed by atoms with E-state index in [4.69, 9.17) is 4.74 Å². The molecule has 0 N–H and O–H groups in total. The molecule has 12 heavy (non-hydrogen) atoms. The first-order valence-electron chi connectivity index (χ1n) is 4.76. The molecule has 2 atom stereocenters. The Balaban J connectivity index is 1.87. The van der Waals surface area contributed by atoms with Crippen molar-refractivity contribution >= 4 is 5.91 Å². The Morgan fingerprint density at radius 1 is 1.67 bits per heavy atom. The molecule has 0 aliphatic carbocycles. The van der Waals surface area contributed by atoms with Crippen LogP contribution in [0, 0.1) is 5.92 Å². The van der Waals surface area contributed by atoms with Crippen molar-refractivity contribution in [1.29, 1.82) is 0 Å². The van der Waals surface area contributed by atoms with Gasteiger partial charge in [0.15, 0.2) is 0 Å². The Hall–Kier alpha value is -0.570. The summed E-state index contributed by atoms with van der Waals surface area (Å²) in [6.45, 7) is 3.79. The van der Waals surface area contributed by atoms with E-state index in [0.29, 0.717) is 5.91 Å². The zero-order chi connectivity index (χ0) is 8.55. The third kappa shape index (κ3) is 1.04. The van der Waals surface area contributed by atoms with Crippen LogP contribution in [-0.2, 0) is 9.53 Å². The average molecular weight is 169 g/mol. The summed E-state index contributed by atoms with van der Waals surface area (Å²) in [6.07, 6.45) is 3.31. The average Bonchev–Trinajstić information content (AvgIpc) is 2.49. The summed E-state index contributed by atoms with van der Waals surface area (Å²) in [5, 5.41) is 0. The summed E-state index contributed by atoms with van der Waals surface area (Å²) in [6, 6.07) is 0. The Morgan fingerprint density at radius 2 is 2.50 bits per heavy atom. The number of ether oxygens (including phenoxy) is 1. The molecule has 2 aliphatic rings. The maximum atomic E-state index is 11.4. The Bertz CT molecular complexity index is 193. The highest BCUT2D eigenvalue weighted by Crippen LogP contribution is 2.35. The maximum Gasteiger partial charge on any atom is 0.232 e. The minimum Gasteiger partial charge on any atom is -0.357 e. The van der Waals surface area contributed by atoms with Crippen LogP contribution < -0.4 is 0 Å². The second kappa shape index (κ2) is 3.05. The van der Waals surface area contributed by atoms with Crippen LogP contribution in [0.2, 0.25) is 0 Å². The van der Waals surface area contributed by atoms with Crippen LogP contribution in [-0.4, -0.2) is 30.2 Å². The van der Waals surface area contributed by atoms with Crippen LogP contribution in [0.5, 0.6) is 0 Å². The normalized spacial score (nSPS) is 33.4. The number of carbonyl (C=O) groups excluding carboxylic acids is 1. The summed E-state index contributed by atoms with van der Waals surface area (Å²) < 4.78 is 5.44. The molecular formula is C9H15NO2. The van der Waals surface area contributed by atoms with Crippen LogP contribution in [0.3, 0.4) is 0 Å². The number of β-lactam (4-membered cyclic amide) rings is 1. The first-order valence-corrected chi connectivity index (χ1v) is 4.76. The molecule has 0 bridgehead atoms. The fourth-order valence-electron chi connectivity index (χ4n) is 1.95. The number of fused-ring (bicyclic) bond motifs is 1. The van der Waals surface area contributed by atoms with E-state index in [9.17, 15) is 4.79 Å². The van der Waals surface area contributed by atoms with Gasteiger partial charge in [-0.1, -0.05) is 13.3 Å². The zero-order valence-electron chi connectivity index (χ0n) is 7.45. The lowest BCUT2D eigenvalue weighted by atomic mass is 9.95. The van der Waals surface area contributed by atoms with E-state index in [2.05, 4.69) is 6.92 Å². The molecule has 2 saturated heterocycles. The van der Waals surface area contributed by atoms with Gasteiger partial charge in [-0.25, -0.2) is 0 Å². The maximum absolute atomic E-state index is 11.4.